The van der Waals surface area contributed by atoms with Gasteiger partial charge in [-0.2, -0.15) is 5.26 Å². The summed E-state index contributed by atoms with van der Waals surface area (Å²) in [6.07, 6.45) is 0. The van der Waals surface area contributed by atoms with E-state index in [2.05, 4.69) is 21.7 Å². The quantitative estimate of drug-likeness (QED) is 0.373. The summed E-state index contributed by atoms with van der Waals surface area (Å²) < 4.78 is 16.0. The molecule has 0 bridgehead atoms. The Morgan fingerprint density at radius 1 is 1.07 bits per heavy atom. The normalized spacial score (nSPS) is 10.3. The summed E-state index contributed by atoms with van der Waals surface area (Å²) in [7, 11) is 6.37. The third-order valence-electron chi connectivity index (χ3n) is 3.67. The van der Waals surface area contributed by atoms with Crippen molar-refractivity contribution < 1.29 is 14.2 Å². The minimum absolute atomic E-state index is 0. The minimum atomic E-state index is 0. The average Bonchev–Trinajstić information content (AvgIpc) is 2.70. The number of nitrogens with one attached hydrogen (secondary N) is 2. The van der Waals surface area contributed by atoms with Gasteiger partial charge in [0.2, 0.25) is 5.75 Å². The Kier molecular flexibility index (Phi) is 9.22. The number of guanidine groups is 1. The highest BCUT2D eigenvalue weighted by Gasteiger charge is 2.14. The molecule has 0 saturated carbocycles. The van der Waals surface area contributed by atoms with Crippen LogP contribution in [0, 0.1) is 11.3 Å². The molecule has 144 valence electrons. The van der Waals surface area contributed by atoms with Crippen molar-refractivity contribution in [2.75, 3.05) is 33.7 Å². The van der Waals surface area contributed by atoms with Crippen molar-refractivity contribution >= 4 is 35.6 Å². The molecule has 0 amide bonds. The van der Waals surface area contributed by atoms with Crippen molar-refractivity contribution in [3.8, 4) is 23.3 Å². The van der Waals surface area contributed by atoms with Crippen molar-refractivity contribution in [3.63, 3.8) is 0 Å². The highest BCUT2D eigenvalue weighted by atomic mass is 127. The number of rotatable bonds is 6. The molecule has 0 aliphatic rings. The highest BCUT2D eigenvalue weighted by molar-refractivity contribution is 14.0. The average molecular weight is 482 g/mol. The van der Waals surface area contributed by atoms with Gasteiger partial charge in [0.25, 0.3) is 0 Å². The van der Waals surface area contributed by atoms with Gasteiger partial charge in [-0.1, -0.05) is 12.1 Å². The molecule has 0 heterocycles. The van der Waals surface area contributed by atoms with Crippen LogP contribution in [0.3, 0.4) is 0 Å². The van der Waals surface area contributed by atoms with Crippen LogP contribution in [0.25, 0.3) is 0 Å². The zero-order valence-corrected chi connectivity index (χ0v) is 18.0. The molecule has 0 unspecified atom stereocenters. The summed E-state index contributed by atoms with van der Waals surface area (Å²) in [4.78, 5) is 4.21. The smallest absolute Gasteiger partial charge is 0.203 e. The van der Waals surface area contributed by atoms with Crippen LogP contribution < -0.4 is 24.8 Å². The molecule has 7 nitrogen and oxygen atoms in total. The third kappa shape index (κ3) is 5.92. The fourth-order valence-electron chi connectivity index (χ4n) is 2.41. The van der Waals surface area contributed by atoms with Crippen LogP contribution >= 0.6 is 24.0 Å². The molecule has 0 saturated heterocycles. The van der Waals surface area contributed by atoms with E-state index in [1.165, 1.54) is 0 Å². The lowest BCUT2D eigenvalue weighted by Crippen LogP contribution is -2.30. The second-order valence-electron chi connectivity index (χ2n) is 5.28. The van der Waals surface area contributed by atoms with Crippen LogP contribution in [0.5, 0.6) is 17.2 Å². The largest absolute Gasteiger partial charge is 0.493 e. The Bertz CT molecular complexity index is 809. The molecule has 0 aliphatic heterocycles. The number of aliphatic imine (C=N–C) groups is 1. The summed E-state index contributed by atoms with van der Waals surface area (Å²) in [5, 5.41) is 15.4. The molecule has 0 spiro atoms. The number of nitrogens with zero attached hydrogens (tertiary/aromatic N) is 2. The van der Waals surface area contributed by atoms with Gasteiger partial charge >= 0.3 is 0 Å². The lowest BCUT2D eigenvalue weighted by Gasteiger charge is -2.16. The Morgan fingerprint density at radius 3 is 2.26 bits per heavy atom. The van der Waals surface area contributed by atoms with Gasteiger partial charge in [-0.15, -0.1) is 24.0 Å². The topological polar surface area (TPSA) is 87.9 Å². The molecule has 2 rings (SSSR count). The van der Waals surface area contributed by atoms with Crippen LogP contribution in [0.4, 0.5) is 5.69 Å². The fraction of sp³-hybridized carbons (Fsp3) is 0.263. The van der Waals surface area contributed by atoms with Crippen LogP contribution in [0.15, 0.2) is 41.4 Å². The lowest BCUT2D eigenvalue weighted by molar-refractivity contribution is 0.324. The van der Waals surface area contributed by atoms with Crippen molar-refractivity contribution in [1.29, 1.82) is 5.26 Å². The van der Waals surface area contributed by atoms with Gasteiger partial charge in [0, 0.05) is 31.4 Å². The zero-order chi connectivity index (χ0) is 18.9. The summed E-state index contributed by atoms with van der Waals surface area (Å²) in [5.41, 5.74) is 2.34. The first-order valence-electron chi connectivity index (χ1n) is 7.91. The van der Waals surface area contributed by atoms with Gasteiger partial charge in [-0.3, -0.25) is 4.99 Å². The maximum Gasteiger partial charge on any atom is 0.203 e. The van der Waals surface area contributed by atoms with Crippen LogP contribution in [-0.2, 0) is 6.54 Å². The zero-order valence-electron chi connectivity index (χ0n) is 15.7. The number of anilines is 1. The summed E-state index contributed by atoms with van der Waals surface area (Å²) in [6.45, 7) is 0.527. The van der Waals surface area contributed by atoms with Crippen LogP contribution in [0.1, 0.15) is 11.1 Å². The molecule has 0 fully saturated rings. The van der Waals surface area contributed by atoms with Gasteiger partial charge < -0.3 is 24.8 Å². The van der Waals surface area contributed by atoms with Gasteiger partial charge in [0.15, 0.2) is 17.5 Å². The molecule has 0 aromatic heterocycles. The molecule has 27 heavy (non-hydrogen) atoms. The Balaban J connectivity index is 0.00000364. The predicted molar refractivity (Wildman–Crippen MR) is 116 cm³/mol. The third-order valence-corrected chi connectivity index (χ3v) is 3.67. The first kappa shape index (κ1) is 22.4. The van der Waals surface area contributed by atoms with E-state index in [4.69, 9.17) is 19.5 Å². The number of ether oxygens (including phenoxy) is 3. The van der Waals surface area contributed by atoms with E-state index in [0.29, 0.717) is 35.3 Å². The molecular weight excluding hydrogens is 459 g/mol. The second kappa shape index (κ2) is 11.1. The Labute approximate surface area is 176 Å². The van der Waals surface area contributed by atoms with Gasteiger partial charge in [0.05, 0.1) is 33.0 Å². The predicted octanol–water partition coefficient (Wildman–Crippen LogP) is 3.39. The van der Waals surface area contributed by atoms with Gasteiger partial charge in [-0.05, 0) is 17.7 Å². The number of hydrogen-bond acceptors (Lipinski definition) is 5. The van der Waals surface area contributed by atoms with Gasteiger partial charge in [-0.25, -0.2) is 0 Å². The van der Waals surface area contributed by atoms with Gasteiger partial charge in [0.1, 0.15) is 0 Å². The molecule has 0 radical (unpaired) electrons. The Hall–Kier alpha value is -2.67. The second-order valence-corrected chi connectivity index (χ2v) is 5.28. The maximum absolute atomic E-state index is 8.98. The fourth-order valence-corrected chi connectivity index (χ4v) is 2.41. The van der Waals surface area contributed by atoms with Crippen molar-refractivity contribution in [2.45, 2.75) is 6.54 Å². The number of nitriles is 1. The van der Waals surface area contributed by atoms with E-state index >= 15 is 0 Å². The molecule has 8 heteroatoms. The van der Waals surface area contributed by atoms with E-state index in [0.717, 1.165) is 11.3 Å². The number of hydrogen-bond donors (Lipinski definition) is 2. The summed E-state index contributed by atoms with van der Waals surface area (Å²) in [5.74, 6) is 2.19. The van der Waals surface area contributed by atoms with E-state index in [-0.39, 0.29) is 24.0 Å². The first-order valence-corrected chi connectivity index (χ1v) is 7.91. The van der Waals surface area contributed by atoms with Crippen molar-refractivity contribution in [2.24, 2.45) is 4.99 Å². The molecule has 0 aliphatic carbocycles. The SMILES string of the molecule is CN=C(NCc1cccc(C#N)c1)Nc1cc(OC)c(OC)c(OC)c1.I. The summed E-state index contributed by atoms with van der Waals surface area (Å²) >= 11 is 0. The minimum Gasteiger partial charge on any atom is -0.493 e. The number of benzene rings is 2. The molecule has 2 aromatic carbocycles. The molecule has 2 N–H and O–H groups in total. The standard InChI is InChI=1S/C19H22N4O3.HI/c1-21-19(22-12-14-7-5-6-13(8-14)11-20)23-15-9-16(24-2)18(26-4)17(10-15)25-3;/h5-10H,12H2,1-4H3,(H2,21,22,23);1H. The summed E-state index contributed by atoms with van der Waals surface area (Å²) in [6, 6.07) is 13.1. The number of halogens is 1. The Morgan fingerprint density at radius 2 is 1.74 bits per heavy atom. The first-order chi connectivity index (χ1) is 12.6. The lowest BCUT2D eigenvalue weighted by atomic mass is 10.1. The van der Waals surface area contributed by atoms with Crippen LogP contribution in [-0.4, -0.2) is 34.3 Å². The van der Waals surface area contributed by atoms with E-state index in [1.807, 2.05) is 18.2 Å². The molecule has 2 aromatic rings. The van der Waals surface area contributed by atoms with E-state index < -0.39 is 0 Å². The van der Waals surface area contributed by atoms with Crippen molar-refractivity contribution in [1.82, 2.24) is 5.32 Å². The maximum atomic E-state index is 8.98. The van der Waals surface area contributed by atoms with E-state index in [1.54, 1.807) is 46.6 Å². The monoisotopic (exact) mass is 482 g/mol. The van der Waals surface area contributed by atoms with Crippen molar-refractivity contribution in [3.05, 3.63) is 47.5 Å². The number of methoxy groups -OCH3 is 3. The molecular formula is C19H23IN4O3. The van der Waals surface area contributed by atoms with Crippen LogP contribution in [0.2, 0.25) is 0 Å². The molecule has 0 atom stereocenters. The van der Waals surface area contributed by atoms with E-state index in [9.17, 15) is 0 Å². The highest BCUT2D eigenvalue weighted by Crippen LogP contribution is 2.39.